The largest absolute Gasteiger partial charge is 0.633 e. The van der Waals surface area contributed by atoms with E-state index in [1.807, 2.05) is 0 Å². The molecule has 0 amide bonds. The van der Waals surface area contributed by atoms with Crippen molar-refractivity contribution in [3.63, 3.8) is 0 Å². The number of rotatable bonds is 27. The Morgan fingerprint density at radius 2 is 0.636 bits per heavy atom. The molecule has 0 rings (SSSR count). The number of ether oxygens (including phenoxy) is 2. The van der Waals surface area contributed by atoms with Gasteiger partial charge in [-0.1, -0.05) is 0 Å². The summed E-state index contributed by atoms with van der Waals surface area (Å²) in [4.78, 5) is 23.0. The minimum absolute atomic E-state index is 0.295. The van der Waals surface area contributed by atoms with Gasteiger partial charge in [-0.15, -0.1) is 0 Å². The summed E-state index contributed by atoms with van der Waals surface area (Å²) in [6, 6.07) is 0. The molecule has 0 bridgehead atoms. The summed E-state index contributed by atoms with van der Waals surface area (Å²) in [5.41, 5.74) is 0. The summed E-state index contributed by atoms with van der Waals surface area (Å²) in [6.45, 7) is -4.12. The van der Waals surface area contributed by atoms with Crippen molar-refractivity contribution in [2.75, 3.05) is 39.3 Å². The van der Waals surface area contributed by atoms with Crippen LogP contribution in [0.5, 0.6) is 0 Å². The molecule has 0 radical (unpaired) electrons. The zero-order valence-corrected chi connectivity index (χ0v) is 33.8. The molecule has 8 nitrogen and oxygen atoms in total. The molecule has 0 aliphatic rings. The van der Waals surface area contributed by atoms with E-state index in [1.54, 1.807) is 0 Å². The van der Waals surface area contributed by atoms with Crippen molar-refractivity contribution in [3.8, 4) is 0 Å². The van der Waals surface area contributed by atoms with Crippen LogP contribution in [-0.2, 0) is 19.1 Å². The molecule has 0 aromatic heterocycles. The van der Waals surface area contributed by atoms with Crippen molar-refractivity contribution in [3.05, 3.63) is 10.4 Å². The summed E-state index contributed by atoms with van der Waals surface area (Å²) in [5, 5.41) is 26.6. The van der Waals surface area contributed by atoms with Crippen molar-refractivity contribution < 1.29 is 143 Å². The minimum Gasteiger partial charge on any atom is -0.633 e. The molecule has 0 aromatic rings. The third kappa shape index (κ3) is 12.6. The van der Waals surface area contributed by atoms with Gasteiger partial charge in [-0.25, -0.2) is 0 Å². The van der Waals surface area contributed by atoms with Crippen LogP contribution in [0.4, 0.5) is 114 Å². The SMILES string of the molecule is CC[N+]([O-])(CCCCCC[N+]([O-])(CC)CC(CC(F)(F)C(F)(F)C(F)(F)C(F)(F)C(F)(F)C(F)(F)F)OC(C)=O)CC(CC(F)(F)C(F)(F)C(F)(F)C(F)(F)C(F)(F)C(F)(F)F)OC(C)=O. The standard InChI is InChI=1S/C32H38F26N2O6/c1-5-59(63,15-19(65-17(3)61)13-21(33,34)23(37,38)25(41,42)27(45,46)29(49,50)31(53,54)55)11-9-7-8-10-12-60(64,6-2)16-20(66-18(4)62)14-22(35,36)24(39,40)26(43,44)28(47,48)30(51,52)32(56,57)58/h19-20H,5-16H2,1-4H3. The second-order valence-electron chi connectivity index (χ2n) is 14.8. The van der Waals surface area contributed by atoms with E-state index in [-0.39, 0.29) is 12.8 Å². The minimum atomic E-state index is -8.25. The third-order valence-electron chi connectivity index (χ3n) is 9.74. The fourth-order valence-electron chi connectivity index (χ4n) is 5.84. The van der Waals surface area contributed by atoms with Gasteiger partial charge in [0.2, 0.25) is 0 Å². The highest BCUT2D eigenvalue weighted by molar-refractivity contribution is 5.66. The predicted molar refractivity (Wildman–Crippen MR) is 168 cm³/mol. The Bertz CT molecular complexity index is 1510. The molecule has 0 aliphatic heterocycles. The molecule has 66 heavy (non-hydrogen) atoms. The smallest absolute Gasteiger partial charge is 0.460 e. The van der Waals surface area contributed by atoms with Gasteiger partial charge in [0, 0.05) is 13.8 Å². The second kappa shape index (κ2) is 20.1. The molecule has 0 aliphatic carbocycles. The van der Waals surface area contributed by atoms with Crippen LogP contribution >= 0.6 is 0 Å². The third-order valence-corrected chi connectivity index (χ3v) is 9.74. The highest BCUT2D eigenvalue weighted by atomic mass is 19.4. The van der Waals surface area contributed by atoms with Gasteiger partial charge < -0.3 is 29.2 Å². The number of hydrogen-bond acceptors (Lipinski definition) is 6. The van der Waals surface area contributed by atoms with E-state index in [9.17, 15) is 134 Å². The molecule has 4 unspecified atom stereocenters. The van der Waals surface area contributed by atoms with Crippen LogP contribution in [0.2, 0.25) is 0 Å². The highest BCUT2D eigenvalue weighted by Crippen LogP contribution is 2.62. The molecule has 0 spiro atoms. The molecule has 0 aromatic carbocycles. The van der Waals surface area contributed by atoms with Gasteiger partial charge in [0.15, 0.2) is 12.2 Å². The van der Waals surface area contributed by atoms with E-state index in [0.717, 1.165) is 13.8 Å². The average molecular weight is 1040 g/mol. The Labute approximate surface area is 354 Å². The van der Waals surface area contributed by atoms with Crippen molar-refractivity contribution >= 4 is 11.9 Å². The zero-order valence-electron chi connectivity index (χ0n) is 33.8. The van der Waals surface area contributed by atoms with Crippen LogP contribution < -0.4 is 0 Å². The van der Waals surface area contributed by atoms with Gasteiger partial charge in [-0.2, -0.15) is 114 Å². The Morgan fingerprint density at radius 3 is 0.833 bits per heavy atom. The number of hydrogen-bond donors (Lipinski definition) is 0. The lowest BCUT2D eigenvalue weighted by Crippen LogP contribution is -2.70. The van der Waals surface area contributed by atoms with Crippen molar-refractivity contribution in [1.82, 2.24) is 0 Å². The maximum atomic E-state index is 14.6. The Kier molecular flexibility index (Phi) is 19.2. The molecule has 0 N–H and O–H groups in total. The molecule has 394 valence electrons. The first kappa shape index (κ1) is 63.0. The van der Waals surface area contributed by atoms with Gasteiger partial charge in [-0.3, -0.25) is 9.59 Å². The quantitative estimate of drug-likeness (QED) is 0.0267. The summed E-state index contributed by atoms with van der Waals surface area (Å²) in [5.74, 6) is -81.5. The summed E-state index contributed by atoms with van der Waals surface area (Å²) < 4.78 is 358. The summed E-state index contributed by atoms with van der Waals surface area (Å²) >= 11 is 0. The lowest BCUT2D eigenvalue weighted by molar-refractivity contribution is -0.883. The fourth-order valence-corrected chi connectivity index (χ4v) is 5.84. The van der Waals surface area contributed by atoms with Crippen molar-refractivity contribution in [2.45, 2.75) is 150 Å². The molecular weight excluding hydrogens is 1000 g/mol. The van der Waals surface area contributed by atoms with Crippen LogP contribution in [0, 0.1) is 10.4 Å². The topological polar surface area (TPSA) is 98.7 Å². The van der Waals surface area contributed by atoms with Crippen LogP contribution in [0.15, 0.2) is 0 Å². The fraction of sp³-hybridized carbons (Fsp3) is 0.938. The van der Waals surface area contributed by atoms with Gasteiger partial charge in [0.05, 0.1) is 39.0 Å². The maximum absolute atomic E-state index is 14.6. The van der Waals surface area contributed by atoms with Crippen molar-refractivity contribution in [1.29, 1.82) is 0 Å². The number of quaternary nitrogens is 2. The Balaban J connectivity index is 6.12. The predicted octanol–water partition coefficient (Wildman–Crippen LogP) is 11.3. The highest BCUT2D eigenvalue weighted by Gasteiger charge is 2.92. The van der Waals surface area contributed by atoms with E-state index >= 15 is 0 Å². The summed E-state index contributed by atoms with van der Waals surface area (Å²) in [7, 11) is 0. The van der Waals surface area contributed by atoms with Crippen LogP contribution in [0.25, 0.3) is 0 Å². The molecule has 0 heterocycles. The lowest BCUT2D eigenvalue weighted by atomic mass is 9.91. The molecule has 0 saturated carbocycles. The molecule has 34 heteroatoms. The molecule has 0 saturated heterocycles. The number of halogens is 26. The Hall–Kier alpha value is -3.04. The van der Waals surface area contributed by atoms with Crippen LogP contribution in [-0.4, -0.2) is 144 Å². The number of hydroxylamine groups is 6. The molecular formula is C32H38F26N2O6. The van der Waals surface area contributed by atoms with E-state index in [0.29, 0.717) is 13.8 Å². The number of unbranched alkanes of at least 4 members (excludes halogenated alkanes) is 3. The normalized spacial score (nSPS) is 17.8. The number of carbonyl (C=O) groups excluding carboxylic acids is 2. The van der Waals surface area contributed by atoms with Gasteiger partial charge in [0.25, 0.3) is 0 Å². The number of alkyl halides is 26. The lowest BCUT2D eigenvalue weighted by Gasteiger charge is -2.45. The second-order valence-corrected chi connectivity index (χ2v) is 14.8. The summed E-state index contributed by atoms with van der Waals surface area (Å²) in [6.07, 6.45) is -29.0. The first-order valence-electron chi connectivity index (χ1n) is 18.2. The molecule has 0 fully saturated rings. The zero-order chi connectivity index (χ0) is 53.2. The van der Waals surface area contributed by atoms with E-state index in [4.69, 9.17) is 0 Å². The van der Waals surface area contributed by atoms with Gasteiger partial charge in [-0.05, 0) is 39.5 Å². The number of nitrogens with zero attached hydrogens (tertiary/aromatic N) is 2. The van der Waals surface area contributed by atoms with Crippen LogP contribution in [0.1, 0.15) is 66.2 Å². The first-order valence-corrected chi connectivity index (χ1v) is 18.2. The monoisotopic (exact) mass is 1040 g/mol. The maximum Gasteiger partial charge on any atom is 0.460 e. The molecule has 4 atom stereocenters. The number of likely N-dealkylation sites (N-methyl/N-ethyl adjacent to an activating group) is 2. The first-order chi connectivity index (χ1) is 28.8. The van der Waals surface area contributed by atoms with Crippen LogP contribution in [0.3, 0.4) is 0 Å². The van der Waals surface area contributed by atoms with E-state index in [2.05, 4.69) is 9.47 Å². The van der Waals surface area contributed by atoms with E-state index < -0.39 is 170 Å². The number of carbonyl (C=O) groups is 2. The average Bonchev–Trinajstić information content (AvgIpc) is 3.10. The van der Waals surface area contributed by atoms with Gasteiger partial charge >= 0.3 is 83.5 Å². The Morgan fingerprint density at radius 1 is 0.409 bits per heavy atom. The van der Waals surface area contributed by atoms with Crippen molar-refractivity contribution in [2.24, 2.45) is 0 Å². The number of esters is 2. The van der Waals surface area contributed by atoms with Gasteiger partial charge in [0.1, 0.15) is 13.1 Å². The van der Waals surface area contributed by atoms with E-state index in [1.165, 1.54) is 0 Å².